The maximum Gasteiger partial charge on any atom is 0.140 e. The number of pyridine rings is 1. The number of halogens is 1. The van der Waals surface area contributed by atoms with Gasteiger partial charge in [0.15, 0.2) is 0 Å². The summed E-state index contributed by atoms with van der Waals surface area (Å²) in [7, 11) is 1.53. The number of nitriles is 1. The van der Waals surface area contributed by atoms with Crippen molar-refractivity contribution in [3.05, 3.63) is 47.1 Å². The lowest BCUT2D eigenvalue weighted by molar-refractivity contribution is 0.411. The van der Waals surface area contributed by atoms with Crippen LogP contribution in [-0.4, -0.2) is 12.1 Å². The summed E-state index contributed by atoms with van der Waals surface area (Å²) in [5.74, 6) is 0.531. The van der Waals surface area contributed by atoms with E-state index >= 15 is 0 Å². The zero-order valence-electron chi connectivity index (χ0n) is 9.55. The highest BCUT2D eigenvalue weighted by Crippen LogP contribution is 2.32. The molecule has 90 valence electrons. The molecule has 0 atom stereocenters. The van der Waals surface area contributed by atoms with Crippen molar-refractivity contribution in [3.8, 4) is 11.8 Å². The summed E-state index contributed by atoms with van der Waals surface area (Å²) in [6, 6.07) is 11.2. The van der Waals surface area contributed by atoms with Crippen LogP contribution >= 0.6 is 23.4 Å². The van der Waals surface area contributed by atoms with Crippen LogP contribution in [-0.2, 0) is 0 Å². The van der Waals surface area contributed by atoms with E-state index in [0.717, 1.165) is 4.90 Å². The van der Waals surface area contributed by atoms with Crippen molar-refractivity contribution in [2.75, 3.05) is 7.11 Å². The number of ether oxygens (including phenoxy) is 1. The highest BCUT2D eigenvalue weighted by molar-refractivity contribution is 7.99. The Balaban J connectivity index is 2.35. The zero-order valence-corrected chi connectivity index (χ0v) is 11.1. The molecule has 18 heavy (non-hydrogen) atoms. The number of benzene rings is 1. The van der Waals surface area contributed by atoms with Crippen molar-refractivity contribution in [2.24, 2.45) is 0 Å². The molecule has 2 rings (SSSR count). The van der Waals surface area contributed by atoms with Crippen molar-refractivity contribution in [1.29, 1.82) is 5.26 Å². The first-order valence-electron chi connectivity index (χ1n) is 5.11. The standard InChI is InChI=1S/C13H9ClN2OS/c1-17-12-6-7-16-13(11(12)8-15)18-10-4-2-9(14)3-5-10/h2-7H,1H3. The maximum absolute atomic E-state index is 9.15. The Morgan fingerprint density at radius 1 is 1.28 bits per heavy atom. The molecule has 0 fully saturated rings. The predicted molar refractivity (Wildman–Crippen MR) is 71.1 cm³/mol. The van der Waals surface area contributed by atoms with Crippen LogP contribution in [0.1, 0.15) is 5.56 Å². The normalized spacial score (nSPS) is 9.83. The van der Waals surface area contributed by atoms with Gasteiger partial charge in [-0.3, -0.25) is 0 Å². The van der Waals surface area contributed by atoms with E-state index in [2.05, 4.69) is 11.1 Å². The van der Waals surface area contributed by atoms with E-state index in [9.17, 15) is 0 Å². The van der Waals surface area contributed by atoms with Crippen molar-refractivity contribution in [3.63, 3.8) is 0 Å². The van der Waals surface area contributed by atoms with Crippen LogP contribution in [0.15, 0.2) is 46.5 Å². The fourth-order valence-corrected chi connectivity index (χ4v) is 2.37. The Labute approximate surface area is 114 Å². The summed E-state index contributed by atoms with van der Waals surface area (Å²) in [4.78, 5) is 5.17. The molecule has 5 heteroatoms. The van der Waals surface area contributed by atoms with E-state index < -0.39 is 0 Å². The number of hydrogen-bond acceptors (Lipinski definition) is 4. The average Bonchev–Trinajstić information content (AvgIpc) is 2.41. The molecule has 1 aromatic carbocycles. The van der Waals surface area contributed by atoms with Crippen LogP contribution in [0.4, 0.5) is 0 Å². The molecule has 0 bridgehead atoms. The maximum atomic E-state index is 9.15. The van der Waals surface area contributed by atoms with E-state index in [0.29, 0.717) is 21.4 Å². The summed E-state index contributed by atoms with van der Waals surface area (Å²) >= 11 is 7.23. The molecule has 0 radical (unpaired) electrons. The van der Waals surface area contributed by atoms with E-state index in [4.69, 9.17) is 21.6 Å². The van der Waals surface area contributed by atoms with Crippen molar-refractivity contribution in [2.45, 2.75) is 9.92 Å². The summed E-state index contributed by atoms with van der Waals surface area (Å²) < 4.78 is 5.14. The van der Waals surface area contributed by atoms with Crippen molar-refractivity contribution < 1.29 is 4.74 Å². The summed E-state index contributed by atoms with van der Waals surface area (Å²) in [6.45, 7) is 0. The molecule has 1 heterocycles. The second-order valence-electron chi connectivity index (χ2n) is 3.36. The summed E-state index contributed by atoms with van der Waals surface area (Å²) in [5, 5.41) is 10.5. The van der Waals surface area contributed by atoms with Gasteiger partial charge in [0.25, 0.3) is 0 Å². The molecule has 3 nitrogen and oxygen atoms in total. The van der Waals surface area contributed by atoms with Crippen LogP contribution in [0.3, 0.4) is 0 Å². The van der Waals surface area contributed by atoms with Crippen molar-refractivity contribution >= 4 is 23.4 Å². The fraction of sp³-hybridized carbons (Fsp3) is 0.0769. The molecular weight excluding hydrogens is 268 g/mol. The third-order valence-electron chi connectivity index (χ3n) is 2.24. The molecule has 0 aliphatic carbocycles. The van der Waals surface area contributed by atoms with E-state index in [-0.39, 0.29) is 0 Å². The summed E-state index contributed by atoms with van der Waals surface area (Å²) in [5.41, 5.74) is 0.444. The third-order valence-corrected chi connectivity index (χ3v) is 3.50. The Morgan fingerprint density at radius 3 is 2.61 bits per heavy atom. The van der Waals surface area contributed by atoms with Crippen LogP contribution in [0.25, 0.3) is 0 Å². The Hall–Kier alpha value is -1.70. The fourth-order valence-electron chi connectivity index (χ4n) is 1.39. The Morgan fingerprint density at radius 2 is 2.00 bits per heavy atom. The molecular formula is C13H9ClN2OS. The van der Waals surface area contributed by atoms with Crippen LogP contribution < -0.4 is 4.74 Å². The average molecular weight is 277 g/mol. The van der Waals surface area contributed by atoms with Gasteiger partial charge in [-0.15, -0.1) is 0 Å². The number of aromatic nitrogens is 1. The SMILES string of the molecule is COc1ccnc(Sc2ccc(Cl)cc2)c1C#N. The van der Waals surface area contributed by atoms with Gasteiger partial charge < -0.3 is 4.74 Å². The first-order valence-corrected chi connectivity index (χ1v) is 6.30. The number of hydrogen-bond donors (Lipinski definition) is 0. The van der Waals surface area contributed by atoms with Gasteiger partial charge in [0, 0.05) is 16.1 Å². The molecule has 0 N–H and O–H groups in total. The van der Waals surface area contributed by atoms with Gasteiger partial charge in [0.1, 0.15) is 22.4 Å². The zero-order chi connectivity index (χ0) is 13.0. The molecule has 0 saturated heterocycles. The largest absolute Gasteiger partial charge is 0.495 e. The molecule has 0 aliphatic heterocycles. The number of methoxy groups -OCH3 is 1. The smallest absolute Gasteiger partial charge is 0.140 e. The Bertz CT molecular complexity index is 593. The van der Waals surface area contributed by atoms with Gasteiger partial charge in [-0.2, -0.15) is 5.26 Å². The van der Waals surface area contributed by atoms with Crippen LogP contribution in [0.5, 0.6) is 5.75 Å². The van der Waals surface area contributed by atoms with Gasteiger partial charge in [-0.05, 0) is 30.3 Å². The molecule has 0 unspecified atom stereocenters. The third kappa shape index (κ3) is 2.76. The molecule has 0 spiro atoms. The lowest BCUT2D eigenvalue weighted by Crippen LogP contribution is -1.92. The minimum Gasteiger partial charge on any atom is -0.495 e. The minimum atomic E-state index is 0.444. The highest BCUT2D eigenvalue weighted by atomic mass is 35.5. The Kier molecular flexibility index (Phi) is 4.08. The molecule has 1 aromatic heterocycles. The van der Waals surface area contributed by atoms with Crippen LogP contribution in [0.2, 0.25) is 5.02 Å². The molecule has 2 aromatic rings. The first-order chi connectivity index (χ1) is 8.74. The minimum absolute atomic E-state index is 0.444. The monoisotopic (exact) mass is 276 g/mol. The lowest BCUT2D eigenvalue weighted by Gasteiger charge is -2.06. The van der Waals surface area contributed by atoms with Crippen molar-refractivity contribution in [1.82, 2.24) is 4.98 Å². The molecule has 0 amide bonds. The van der Waals surface area contributed by atoms with Gasteiger partial charge in [0.05, 0.1) is 7.11 Å². The predicted octanol–water partition coefficient (Wildman–Crippen LogP) is 3.77. The van der Waals surface area contributed by atoms with E-state index in [1.807, 2.05) is 12.1 Å². The quantitative estimate of drug-likeness (QED) is 0.856. The van der Waals surface area contributed by atoms with Gasteiger partial charge in [-0.25, -0.2) is 4.98 Å². The van der Waals surface area contributed by atoms with Gasteiger partial charge >= 0.3 is 0 Å². The van der Waals surface area contributed by atoms with E-state index in [1.165, 1.54) is 18.9 Å². The highest BCUT2D eigenvalue weighted by Gasteiger charge is 2.11. The van der Waals surface area contributed by atoms with E-state index in [1.54, 1.807) is 24.4 Å². The second kappa shape index (κ2) is 5.76. The summed E-state index contributed by atoms with van der Waals surface area (Å²) in [6.07, 6.45) is 1.62. The number of rotatable bonds is 3. The first kappa shape index (κ1) is 12.7. The van der Waals surface area contributed by atoms with Gasteiger partial charge in [0.2, 0.25) is 0 Å². The molecule has 0 saturated carbocycles. The topological polar surface area (TPSA) is 45.9 Å². The second-order valence-corrected chi connectivity index (χ2v) is 4.86. The number of nitrogens with zero attached hydrogens (tertiary/aromatic N) is 2. The van der Waals surface area contributed by atoms with Gasteiger partial charge in [-0.1, -0.05) is 23.4 Å². The molecule has 0 aliphatic rings. The lowest BCUT2D eigenvalue weighted by atomic mass is 10.3. The van der Waals surface area contributed by atoms with Crippen LogP contribution in [0, 0.1) is 11.3 Å².